The van der Waals surface area contributed by atoms with E-state index in [0.29, 0.717) is 29.8 Å². The summed E-state index contributed by atoms with van der Waals surface area (Å²) in [4.78, 5) is 53.1. The van der Waals surface area contributed by atoms with Crippen LogP contribution in [0.5, 0.6) is 5.75 Å². The number of β-lactam (4-membered cyclic amide) rings is 1. The number of hydrogen-bond donors (Lipinski definition) is 6. The fourth-order valence-corrected chi connectivity index (χ4v) is 6.66. The highest BCUT2D eigenvalue weighted by Crippen LogP contribution is 2.35. The molecule has 49 heavy (non-hydrogen) atoms. The minimum absolute atomic E-state index is 0.0673. The molecule has 2 aromatic rings. The standard InChI is InChI=1S/C29H38N8O10S2/c1-14(31-5)10-17-12-32-23(33-17)16-6-8-19-15(11-16)7-9-20(45-19)29(4,26(40)41)46-36-21(18-13-48-27(30)34-18)24(38)35-22-25(39)37(28(22,2)3)47-49(42,43)44/h6,8,11,13-14,17,20,22,31H,7,9-10,12H2,1-5H3,(H2,30,34)(H,32,33)(H,35,38)(H,40,41)(H,42,43,44)/b36-21-/t14-,17-,20+,22+,29-/m0/s1. The van der Waals surface area contributed by atoms with Crippen LogP contribution >= 0.6 is 11.3 Å². The van der Waals surface area contributed by atoms with Crippen molar-refractivity contribution in [3.8, 4) is 5.75 Å². The van der Waals surface area contributed by atoms with Gasteiger partial charge in [0.1, 0.15) is 23.3 Å². The summed E-state index contributed by atoms with van der Waals surface area (Å²) in [5, 5.41) is 25.2. The molecule has 0 unspecified atom stereocenters. The number of benzene rings is 1. The normalized spacial score (nSPS) is 23.6. The Morgan fingerprint density at radius 1 is 1.37 bits per heavy atom. The molecule has 5 atom stereocenters. The number of carbonyl (C=O) groups excluding carboxylic acids is 2. The number of carbonyl (C=O) groups is 3. The van der Waals surface area contributed by atoms with E-state index in [4.69, 9.17) is 19.9 Å². The van der Waals surface area contributed by atoms with E-state index in [9.17, 15) is 27.9 Å². The number of fused-ring (bicyclic) bond motifs is 1. The first kappa shape index (κ1) is 35.9. The zero-order chi connectivity index (χ0) is 35.9. The van der Waals surface area contributed by atoms with Crippen molar-refractivity contribution < 1.29 is 46.3 Å². The van der Waals surface area contributed by atoms with Crippen LogP contribution < -0.4 is 26.4 Å². The number of aliphatic imine (C=N–C) groups is 1. The van der Waals surface area contributed by atoms with Gasteiger partial charge in [-0.25, -0.2) is 9.78 Å². The monoisotopic (exact) mass is 722 g/mol. The minimum atomic E-state index is -5.02. The maximum Gasteiger partial charge on any atom is 0.418 e. The smallest absolute Gasteiger partial charge is 0.418 e. The van der Waals surface area contributed by atoms with Crippen LogP contribution in [0.4, 0.5) is 5.13 Å². The molecule has 0 saturated carbocycles. The van der Waals surface area contributed by atoms with Gasteiger partial charge in [-0.1, -0.05) is 5.16 Å². The van der Waals surface area contributed by atoms with Gasteiger partial charge in [0.25, 0.3) is 17.4 Å². The quantitative estimate of drug-likeness (QED) is 0.0701. The van der Waals surface area contributed by atoms with Crippen molar-refractivity contribution >= 4 is 56.2 Å². The summed E-state index contributed by atoms with van der Waals surface area (Å²) in [6.07, 6.45) is 0.561. The third kappa shape index (κ3) is 7.47. The van der Waals surface area contributed by atoms with Crippen molar-refractivity contribution in [3.63, 3.8) is 0 Å². The van der Waals surface area contributed by atoms with Gasteiger partial charge in [0.2, 0.25) is 0 Å². The molecule has 0 spiro atoms. The molecule has 4 heterocycles. The van der Waals surface area contributed by atoms with E-state index in [0.717, 1.165) is 34.7 Å². The molecule has 266 valence electrons. The number of hydroxylamine groups is 2. The second kappa shape index (κ2) is 13.5. The number of oxime groups is 1. The summed E-state index contributed by atoms with van der Waals surface area (Å²) in [5.41, 5.74) is 3.41. The number of nitrogens with two attached hydrogens (primary N) is 1. The first-order chi connectivity index (χ1) is 22.9. The Morgan fingerprint density at radius 3 is 2.71 bits per heavy atom. The van der Waals surface area contributed by atoms with E-state index in [1.807, 2.05) is 19.2 Å². The van der Waals surface area contributed by atoms with Crippen molar-refractivity contribution in [3.05, 3.63) is 40.4 Å². The first-order valence-electron chi connectivity index (χ1n) is 15.2. The predicted molar refractivity (Wildman–Crippen MR) is 176 cm³/mol. The number of nitrogens with one attached hydrogen (secondary N) is 3. The van der Waals surface area contributed by atoms with Crippen LogP contribution in [0, 0.1) is 0 Å². The summed E-state index contributed by atoms with van der Waals surface area (Å²) in [6, 6.07) is 4.77. The van der Waals surface area contributed by atoms with Crippen LogP contribution in [0.1, 0.15) is 57.4 Å². The lowest BCUT2D eigenvalue weighted by molar-refractivity contribution is -0.218. The zero-order valence-electron chi connectivity index (χ0n) is 27.3. The molecule has 5 rings (SSSR count). The molecule has 3 aliphatic heterocycles. The fraction of sp³-hybridized carbons (Fsp3) is 0.517. The largest absolute Gasteiger partial charge is 0.485 e. The predicted octanol–water partition coefficient (Wildman–Crippen LogP) is 0.240. The lowest BCUT2D eigenvalue weighted by atomic mass is 9.84. The molecule has 1 aromatic heterocycles. The maximum absolute atomic E-state index is 13.5. The maximum atomic E-state index is 13.5. The molecule has 20 heteroatoms. The Hall–Kier alpha value is -4.37. The van der Waals surface area contributed by atoms with Crippen molar-refractivity contribution in [1.82, 2.24) is 26.0 Å². The van der Waals surface area contributed by atoms with E-state index < -0.39 is 57.2 Å². The van der Waals surface area contributed by atoms with Gasteiger partial charge in [-0.15, -0.1) is 15.6 Å². The topological polar surface area (TPSA) is 256 Å². The van der Waals surface area contributed by atoms with E-state index in [2.05, 4.69) is 42.3 Å². The van der Waals surface area contributed by atoms with Crippen LogP contribution in [0.25, 0.3) is 0 Å². The fourth-order valence-electron chi connectivity index (χ4n) is 5.66. The Balaban J connectivity index is 1.33. The molecule has 0 bridgehead atoms. The number of rotatable bonds is 13. The highest BCUT2D eigenvalue weighted by atomic mass is 32.3. The van der Waals surface area contributed by atoms with Crippen LogP contribution in [0.2, 0.25) is 0 Å². The SMILES string of the molecule is CN[C@@H](C)C[C@H]1CN=C(c2ccc3c(c2)CC[C@H]([C@](C)(O/N=C(\C(=O)N[C@@H]2C(=O)N(OS(=O)(=O)O)C2(C)C)c2csc(N)n2)C(=O)O)O3)N1. The number of aromatic nitrogens is 1. The molecule has 18 nitrogen and oxygen atoms in total. The number of aliphatic carboxylic acids is 1. The van der Waals surface area contributed by atoms with Gasteiger partial charge in [0.15, 0.2) is 16.9 Å². The van der Waals surface area contributed by atoms with Gasteiger partial charge < -0.3 is 36.4 Å². The number of nitrogens with zero attached hydrogens (tertiary/aromatic N) is 4. The molecule has 7 N–H and O–H groups in total. The molecule has 1 saturated heterocycles. The summed E-state index contributed by atoms with van der Waals surface area (Å²) >= 11 is 0.973. The highest BCUT2D eigenvalue weighted by Gasteiger charge is 2.58. The van der Waals surface area contributed by atoms with Crippen LogP contribution in [-0.2, 0) is 40.3 Å². The number of ether oxygens (including phenoxy) is 1. The number of hydrogen-bond acceptors (Lipinski definition) is 15. The number of nitrogen functional groups attached to an aromatic ring is 1. The molecule has 2 amide bonds. The van der Waals surface area contributed by atoms with Crippen LogP contribution in [-0.4, -0.2) is 106 Å². The number of thiazole rings is 1. The Labute approximate surface area is 286 Å². The van der Waals surface area contributed by atoms with Gasteiger partial charge in [0.05, 0.1) is 12.1 Å². The number of amides is 2. The van der Waals surface area contributed by atoms with E-state index in [1.165, 1.54) is 26.2 Å². The summed E-state index contributed by atoms with van der Waals surface area (Å²) in [5.74, 6) is -2.17. The molecular formula is C29H38N8O10S2. The molecule has 0 aliphatic carbocycles. The van der Waals surface area contributed by atoms with E-state index in [-0.39, 0.29) is 23.3 Å². The zero-order valence-corrected chi connectivity index (χ0v) is 28.9. The molecule has 0 radical (unpaired) electrons. The van der Waals surface area contributed by atoms with Crippen molar-refractivity contribution in [2.24, 2.45) is 10.1 Å². The number of carboxylic acids is 1. The average Bonchev–Trinajstić information content (AvgIpc) is 3.70. The molecular weight excluding hydrogens is 684 g/mol. The third-order valence-corrected chi connectivity index (χ3v) is 9.70. The number of carboxylic acid groups (broad SMARTS) is 1. The van der Waals surface area contributed by atoms with E-state index in [1.54, 1.807) is 6.07 Å². The molecule has 1 aromatic carbocycles. The van der Waals surface area contributed by atoms with Gasteiger partial charge in [0, 0.05) is 23.0 Å². The highest BCUT2D eigenvalue weighted by molar-refractivity contribution is 7.80. The average molecular weight is 723 g/mol. The lowest BCUT2D eigenvalue weighted by Crippen LogP contribution is -2.76. The Morgan fingerprint density at radius 2 is 2.10 bits per heavy atom. The van der Waals surface area contributed by atoms with Crippen molar-refractivity contribution in [1.29, 1.82) is 0 Å². The van der Waals surface area contributed by atoms with Gasteiger partial charge in [-0.05, 0) is 77.8 Å². The lowest BCUT2D eigenvalue weighted by Gasteiger charge is -2.50. The van der Waals surface area contributed by atoms with Crippen LogP contribution in [0.3, 0.4) is 0 Å². The first-order valence-corrected chi connectivity index (χ1v) is 17.5. The van der Waals surface area contributed by atoms with Crippen molar-refractivity contribution in [2.45, 2.75) is 82.3 Å². The minimum Gasteiger partial charge on any atom is -0.485 e. The van der Waals surface area contributed by atoms with Gasteiger partial charge in [-0.2, -0.15) is 13.5 Å². The number of amidine groups is 1. The molecule has 1 fully saturated rings. The summed E-state index contributed by atoms with van der Waals surface area (Å²) in [6.45, 7) is 6.79. The number of aryl methyl sites for hydroxylation is 1. The Kier molecular flexibility index (Phi) is 9.90. The summed E-state index contributed by atoms with van der Waals surface area (Å²) in [7, 11) is -3.11. The van der Waals surface area contributed by atoms with Crippen molar-refractivity contribution in [2.75, 3.05) is 19.3 Å². The van der Waals surface area contributed by atoms with E-state index >= 15 is 0 Å². The number of anilines is 1. The van der Waals surface area contributed by atoms with Crippen LogP contribution in [0.15, 0.2) is 33.7 Å². The Bertz CT molecular complexity index is 1810. The van der Waals surface area contributed by atoms with Gasteiger partial charge in [-0.3, -0.25) is 19.1 Å². The molecule has 3 aliphatic rings. The second-order valence-electron chi connectivity index (χ2n) is 12.6. The second-order valence-corrected chi connectivity index (χ2v) is 14.5. The van der Waals surface area contributed by atoms with Gasteiger partial charge >= 0.3 is 16.4 Å². The summed E-state index contributed by atoms with van der Waals surface area (Å²) < 4.78 is 41.8. The third-order valence-electron chi connectivity index (χ3n) is 8.69.